The zero-order valence-corrected chi connectivity index (χ0v) is 17.8. The molecule has 3 heterocycles. The van der Waals surface area contributed by atoms with E-state index in [9.17, 15) is 4.79 Å². The Kier molecular flexibility index (Phi) is 5.85. The summed E-state index contributed by atoms with van der Waals surface area (Å²) in [5.74, 6) is -0.0186. The molecule has 6 N–H and O–H groups in total. The maximum absolute atomic E-state index is 12.0. The summed E-state index contributed by atoms with van der Waals surface area (Å²) in [6.07, 6.45) is 7.66. The number of hydrogen-bond acceptors (Lipinski definition) is 7. The van der Waals surface area contributed by atoms with Gasteiger partial charge in [0, 0.05) is 25.3 Å². The Morgan fingerprint density at radius 3 is 2.74 bits per heavy atom. The van der Waals surface area contributed by atoms with Crippen molar-refractivity contribution in [2.45, 2.75) is 44.7 Å². The minimum Gasteiger partial charge on any atom is -0.379 e. The molecule has 2 atom stereocenters. The number of primary amides is 1. The zero-order chi connectivity index (χ0) is 22.0. The van der Waals surface area contributed by atoms with Crippen LogP contribution in [-0.2, 0) is 7.05 Å². The maximum atomic E-state index is 12.0. The number of nitrogens with two attached hydrogens (primary N) is 2. The summed E-state index contributed by atoms with van der Waals surface area (Å²) in [5.41, 5.74) is 16.0. The fourth-order valence-corrected chi connectivity index (χ4v) is 4.01. The quantitative estimate of drug-likeness (QED) is 0.481. The minimum atomic E-state index is -0.608. The molecule has 0 radical (unpaired) electrons. The molecule has 0 bridgehead atoms. The molecule has 1 aliphatic carbocycles. The Labute approximate surface area is 181 Å². The highest BCUT2D eigenvalue weighted by Gasteiger charge is 2.22. The van der Waals surface area contributed by atoms with Gasteiger partial charge in [0.25, 0.3) is 5.91 Å². The van der Waals surface area contributed by atoms with Crippen LogP contribution in [-0.4, -0.2) is 37.7 Å². The van der Waals surface area contributed by atoms with Gasteiger partial charge in [-0.05, 0) is 49.6 Å². The summed E-state index contributed by atoms with van der Waals surface area (Å²) >= 11 is 0. The smallest absolute Gasteiger partial charge is 0.269 e. The average molecular weight is 421 g/mol. The van der Waals surface area contributed by atoms with E-state index >= 15 is 0 Å². The van der Waals surface area contributed by atoms with Crippen molar-refractivity contribution in [2.24, 2.45) is 18.5 Å². The van der Waals surface area contributed by atoms with E-state index in [1.165, 1.54) is 0 Å². The lowest BCUT2D eigenvalue weighted by atomic mass is 9.91. The van der Waals surface area contributed by atoms with Gasteiger partial charge < -0.3 is 22.1 Å². The predicted octanol–water partition coefficient (Wildman–Crippen LogP) is 2.71. The highest BCUT2D eigenvalue weighted by Crippen LogP contribution is 2.27. The molecule has 4 rings (SSSR count). The Balaban J connectivity index is 1.64. The second kappa shape index (κ2) is 8.73. The third-order valence-corrected chi connectivity index (χ3v) is 5.61. The highest BCUT2D eigenvalue weighted by molar-refractivity contribution is 5.97. The molecule has 0 spiro atoms. The average Bonchev–Trinajstić information content (AvgIpc) is 3.15. The first-order valence-electron chi connectivity index (χ1n) is 10.5. The molecular formula is C22H28N8O. The number of carbonyl (C=O) groups excluding carboxylic acids is 1. The number of nitrogens with zero attached hydrogens (tertiary/aromatic N) is 4. The number of anilines is 3. The Morgan fingerprint density at radius 2 is 2.03 bits per heavy atom. The van der Waals surface area contributed by atoms with E-state index in [2.05, 4.69) is 20.7 Å². The summed E-state index contributed by atoms with van der Waals surface area (Å²) in [7, 11) is 1.87. The molecule has 0 aliphatic heterocycles. The molecule has 9 nitrogen and oxygen atoms in total. The number of aryl methyl sites for hydroxylation is 2. The standard InChI is InChI=1S/C22H28N8O/c1-13-9-17(19-7-8-26-30(19)2)28-20(10-13)29-18-11-14(12-25-21(18)22(24)31)27-16-6-4-3-5-15(16)23/h7-12,15-16,27H,3-6,23H2,1-2H3,(H2,24,31)(H,28,29)/t15-,16+/m0/s1. The van der Waals surface area contributed by atoms with Crippen LogP contribution in [0.4, 0.5) is 17.2 Å². The van der Waals surface area contributed by atoms with Crippen molar-refractivity contribution in [2.75, 3.05) is 10.6 Å². The molecule has 1 amide bonds. The number of nitrogens with one attached hydrogen (secondary N) is 2. The summed E-state index contributed by atoms with van der Waals surface area (Å²) in [5, 5.41) is 10.9. The van der Waals surface area contributed by atoms with Crippen molar-refractivity contribution in [1.82, 2.24) is 19.7 Å². The Hall–Kier alpha value is -3.46. The molecule has 3 aromatic rings. The second-order valence-corrected chi connectivity index (χ2v) is 8.06. The highest BCUT2D eigenvalue weighted by atomic mass is 16.1. The molecule has 0 unspecified atom stereocenters. The Morgan fingerprint density at radius 1 is 1.23 bits per heavy atom. The first kappa shape index (κ1) is 20.8. The summed E-state index contributed by atoms with van der Waals surface area (Å²) in [6.45, 7) is 1.99. The number of carbonyl (C=O) groups is 1. The number of aromatic nitrogens is 4. The van der Waals surface area contributed by atoms with Crippen molar-refractivity contribution >= 4 is 23.1 Å². The lowest BCUT2D eigenvalue weighted by molar-refractivity contribution is 0.0996. The fourth-order valence-electron chi connectivity index (χ4n) is 4.01. The first-order valence-corrected chi connectivity index (χ1v) is 10.5. The van der Waals surface area contributed by atoms with Crippen molar-refractivity contribution in [3.05, 3.63) is 47.9 Å². The maximum Gasteiger partial charge on any atom is 0.269 e. The van der Waals surface area contributed by atoms with E-state index in [4.69, 9.17) is 16.5 Å². The predicted molar refractivity (Wildman–Crippen MR) is 121 cm³/mol. The monoisotopic (exact) mass is 420 g/mol. The largest absolute Gasteiger partial charge is 0.379 e. The van der Waals surface area contributed by atoms with E-state index in [0.29, 0.717) is 11.5 Å². The molecule has 0 saturated heterocycles. The van der Waals surface area contributed by atoms with Crippen molar-refractivity contribution in [3.8, 4) is 11.4 Å². The third kappa shape index (κ3) is 4.66. The van der Waals surface area contributed by atoms with Gasteiger partial charge in [-0.2, -0.15) is 5.10 Å². The van der Waals surface area contributed by atoms with Crippen molar-refractivity contribution in [1.29, 1.82) is 0 Å². The van der Waals surface area contributed by atoms with E-state index in [1.807, 2.05) is 38.2 Å². The van der Waals surface area contributed by atoms with Crippen LogP contribution >= 0.6 is 0 Å². The van der Waals surface area contributed by atoms with Crippen LogP contribution in [0.1, 0.15) is 41.7 Å². The van der Waals surface area contributed by atoms with Crippen LogP contribution in [0.2, 0.25) is 0 Å². The van der Waals surface area contributed by atoms with Gasteiger partial charge in [0.1, 0.15) is 5.82 Å². The minimum absolute atomic E-state index is 0.0980. The molecule has 1 aliphatic rings. The Bertz CT molecular complexity index is 1090. The van der Waals surface area contributed by atoms with Gasteiger partial charge in [-0.15, -0.1) is 0 Å². The van der Waals surface area contributed by atoms with Crippen molar-refractivity contribution in [3.63, 3.8) is 0 Å². The second-order valence-electron chi connectivity index (χ2n) is 8.06. The first-order chi connectivity index (χ1) is 14.9. The van der Waals surface area contributed by atoms with E-state index < -0.39 is 5.91 Å². The van der Waals surface area contributed by atoms with Crippen LogP contribution in [0, 0.1) is 6.92 Å². The van der Waals surface area contributed by atoms with Crippen LogP contribution in [0.15, 0.2) is 36.7 Å². The number of amides is 1. The zero-order valence-electron chi connectivity index (χ0n) is 17.8. The normalized spacial score (nSPS) is 18.5. The molecule has 162 valence electrons. The van der Waals surface area contributed by atoms with Gasteiger partial charge in [-0.1, -0.05) is 12.8 Å². The summed E-state index contributed by atoms with van der Waals surface area (Å²) in [6, 6.07) is 7.90. The number of hydrogen-bond donors (Lipinski definition) is 4. The van der Waals surface area contributed by atoms with Crippen LogP contribution < -0.4 is 22.1 Å². The molecular weight excluding hydrogens is 392 g/mol. The van der Waals surface area contributed by atoms with E-state index in [-0.39, 0.29) is 17.8 Å². The molecule has 0 aromatic carbocycles. The third-order valence-electron chi connectivity index (χ3n) is 5.61. The molecule has 1 fully saturated rings. The van der Waals surface area contributed by atoms with Crippen LogP contribution in [0.5, 0.6) is 0 Å². The fraction of sp³-hybridized carbons (Fsp3) is 0.364. The topological polar surface area (TPSA) is 137 Å². The summed E-state index contributed by atoms with van der Waals surface area (Å²) < 4.78 is 1.76. The number of pyridine rings is 2. The van der Waals surface area contributed by atoms with Crippen LogP contribution in [0.25, 0.3) is 11.4 Å². The molecule has 9 heteroatoms. The van der Waals surface area contributed by atoms with Gasteiger partial charge in [0.2, 0.25) is 0 Å². The molecule has 1 saturated carbocycles. The van der Waals surface area contributed by atoms with Gasteiger partial charge in [0.15, 0.2) is 5.69 Å². The van der Waals surface area contributed by atoms with Gasteiger partial charge in [-0.25, -0.2) is 9.97 Å². The van der Waals surface area contributed by atoms with E-state index in [1.54, 1.807) is 17.1 Å². The number of rotatable bonds is 6. The lowest BCUT2D eigenvalue weighted by Gasteiger charge is -2.30. The SMILES string of the molecule is Cc1cc(Nc2cc(N[C@@H]3CCCC[C@@H]3N)cnc2C(N)=O)nc(-c2ccnn2C)c1. The summed E-state index contributed by atoms with van der Waals surface area (Å²) in [4.78, 5) is 21.0. The molecule has 31 heavy (non-hydrogen) atoms. The van der Waals surface area contributed by atoms with E-state index in [0.717, 1.165) is 48.3 Å². The molecule has 3 aromatic heterocycles. The van der Waals surface area contributed by atoms with Gasteiger partial charge >= 0.3 is 0 Å². The van der Waals surface area contributed by atoms with Gasteiger partial charge in [0.05, 0.1) is 29.0 Å². The van der Waals surface area contributed by atoms with Crippen molar-refractivity contribution < 1.29 is 4.79 Å². The lowest BCUT2D eigenvalue weighted by Crippen LogP contribution is -2.42. The van der Waals surface area contributed by atoms with Gasteiger partial charge in [-0.3, -0.25) is 9.48 Å². The van der Waals surface area contributed by atoms with Crippen LogP contribution in [0.3, 0.4) is 0 Å².